The largest absolute Gasteiger partial charge is 0.478 e. The van der Waals surface area contributed by atoms with Crippen LogP contribution in [0.4, 0.5) is 11.4 Å². The van der Waals surface area contributed by atoms with E-state index in [0.717, 1.165) is 19.5 Å². The molecule has 0 aromatic heterocycles. The standard InChI is InChI=1S/C14H23N3O2/c1-4-10(2)17(3)9-8-16-12-7-5-6-11(13(12)15)14(18)19/h5-7,10,16H,4,8-9,15H2,1-3H3,(H,18,19). The molecule has 0 bridgehead atoms. The van der Waals surface area contributed by atoms with E-state index in [4.69, 9.17) is 10.8 Å². The minimum absolute atomic E-state index is 0.139. The van der Waals surface area contributed by atoms with Crippen molar-refractivity contribution < 1.29 is 9.90 Å². The van der Waals surface area contributed by atoms with Crippen molar-refractivity contribution in [1.29, 1.82) is 0 Å². The summed E-state index contributed by atoms with van der Waals surface area (Å²) in [4.78, 5) is 13.2. The Labute approximate surface area is 114 Å². The topological polar surface area (TPSA) is 78.6 Å². The van der Waals surface area contributed by atoms with E-state index < -0.39 is 5.97 Å². The van der Waals surface area contributed by atoms with E-state index in [1.165, 1.54) is 6.07 Å². The number of aromatic carboxylic acids is 1. The highest BCUT2D eigenvalue weighted by Gasteiger charge is 2.11. The van der Waals surface area contributed by atoms with Crippen LogP contribution in [-0.4, -0.2) is 42.2 Å². The summed E-state index contributed by atoms with van der Waals surface area (Å²) in [6, 6.07) is 5.53. The van der Waals surface area contributed by atoms with Gasteiger partial charge in [0.25, 0.3) is 0 Å². The van der Waals surface area contributed by atoms with Crippen LogP contribution >= 0.6 is 0 Å². The van der Waals surface area contributed by atoms with Gasteiger partial charge in [-0.25, -0.2) is 4.79 Å². The third-order valence-electron chi connectivity index (χ3n) is 3.46. The maximum Gasteiger partial charge on any atom is 0.337 e. The number of carbonyl (C=O) groups is 1. The van der Waals surface area contributed by atoms with Gasteiger partial charge in [-0.1, -0.05) is 13.0 Å². The number of benzene rings is 1. The SMILES string of the molecule is CCC(C)N(C)CCNc1cccc(C(=O)O)c1N. The minimum atomic E-state index is -1.00. The fraction of sp³-hybridized carbons (Fsp3) is 0.500. The number of anilines is 2. The summed E-state index contributed by atoms with van der Waals surface area (Å²) in [5.41, 5.74) is 6.94. The molecule has 1 rings (SSSR count). The Morgan fingerprint density at radius 3 is 2.79 bits per heavy atom. The zero-order valence-corrected chi connectivity index (χ0v) is 11.8. The summed E-state index contributed by atoms with van der Waals surface area (Å²) in [6.07, 6.45) is 1.10. The molecule has 0 saturated heterocycles. The number of nitrogens with one attached hydrogen (secondary N) is 1. The van der Waals surface area contributed by atoms with Gasteiger partial charge in [0, 0.05) is 19.1 Å². The Morgan fingerprint density at radius 1 is 1.53 bits per heavy atom. The van der Waals surface area contributed by atoms with Gasteiger partial charge in [-0.05, 0) is 32.5 Å². The number of carboxylic acids is 1. The molecule has 0 aliphatic heterocycles. The highest BCUT2D eigenvalue weighted by atomic mass is 16.4. The molecule has 4 N–H and O–H groups in total. The van der Waals surface area contributed by atoms with Gasteiger partial charge in [-0.3, -0.25) is 0 Å². The van der Waals surface area contributed by atoms with E-state index >= 15 is 0 Å². The smallest absolute Gasteiger partial charge is 0.337 e. The van der Waals surface area contributed by atoms with E-state index in [1.54, 1.807) is 12.1 Å². The van der Waals surface area contributed by atoms with Crippen molar-refractivity contribution in [3.8, 4) is 0 Å². The Morgan fingerprint density at radius 2 is 2.21 bits per heavy atom. The van der Waals surface area contributed by atoms with Gasteiger partial charge in [0.2, 0.25) is 0 Å². The van der Waals surface area contributed by atoms with Gasteiger partial charge in [-0.2, -0.15) is 0 Å². The molecule has 5 nitrogen and oxygen atoms in total. The second-order valence-electron chi connectivity index (χ2n) is 4.74. The molecule has 0 amide bonds. The van der Waals surface area contributed by atoms with Gasteiger partial charge >= 0.3 is 5.97 Å². The van der Waals surface area contributed by atoms with Crippen molar-refractivity contribution in [2.75, 3.05) is 31.2 Å². The minimum Gasteiger partial charge on any atom is -0.478 e. The Hall–Kier alpha value is -1.75. The number of nitrogens with two attached hydrogens (primary N) is 1. The zero-order valence-electron chi connectivity index (χ0n) is 11.8. The molecule has 0 aliphatic rings. The lowest BCUT2D eigenvalue weighted by Crippen LogP contribution is -2.32. The number of carboxylic acid groups (broad SMARTS) is 1. The van der Waals surface area contributed by atoms with Crippen LogP contribution < -0.4 is 11.1 Å². The second kappa shape index (κ2) is 6.99. The molecular formula is C14H23N3O2. The Bertz CT molecular complexity index is 435. The summed E-state index contributed by atoms with van der Waals surface area (Å²) in [5.74, 6) is -1.00. The number of nitrogens with zero attached hydrogens (tertiary/aromatic N) is 1. The molecule has 5 heteroatoms. The molecule has 1 atom stereocenters. The molecule has 0 heterocycles. The van der Waals surface area contributed by atoms with Crippen LogP contribution in [0, 0.1) is 0 Å². The van der Waals surface area contributed by atoms with Crippen molar-refractivity contribution >= 4 is 17.3 Å². The number of nitrogen functional groups attached to an aromatic ring is 1. The quantitative estimate of drug-likeness (QED) is 0.658. The first kappa shape index (κ1) is 15.3. The molecule has 1 aromatic carbocycles. The fourth-order valence-electron chi connectivity index (χ4n) is 1.80. The lowest BCUT2D eigenvalue weighted by Gasteiger charge is -2.23. The van der Waals surface area contributed by atoms with Crippen LogP contribution in [0.3, 0.4) is 0 Å². The molecular weight excluding hydrogens is 242 g/mol. The zero-order chi connectivity index (χ0) is 14.4. The predicted octanol–water partition coefficient (Wildman–Crippen LogP) is 2.11. The van der Waals surface area contributed by atoms with E-state index in [0.29, 0.717) is 17.4 Å². The summed E-state index contributed by atoms with van der Waals surface area (Å²) in [6.45, 7) is 5.95. The van der Waals surface area contributed by atoms with E-state index in [1.807, 2.05) is 0 Å². The third kappa shape index (κ3) is 4.13. The Kier molecular flexibility index (Phi) is 5.63. The van der Waals surface area contributed by atoms with E-state index in [9.17, 15) is 4.79 Å². The fourth-order valence-corrected chi connectivity index (χ4v) is 1.80. The van der Waals surface area contributed by atoms with Crippen LogP contribution in [0.5, 0.6) is 0 Å². The first-order chi connectivity index (χ1) is 8.97. The first-order valence-electron chi connectivity index (χ1n) is 6.53. The predicted molar refractivity (Wildman–Crippen MR) is 78.7 cm³/mol. The molecule has 19 heavy (non-hydrogen) atoms. The number of hydrogen-bond acceptors (Lipinski definition) is 4. The maximum atomic E-state index is 11.0. The van der Waals surface area contributed by atoms with E-state index in [2.05, 4.69) is 31.1 Å². The summed E-state index contributed by atoms with van der Waals surface area (Å²) < 4.78 is 0. The molecule has 0 saturated carbocycles. The normalized spacial score (nSPS) is 12.4. The summed E-state index contributed by atoms with van der Waals surface area (Å²) in [7, 11) is 2.08. The number of rotatable bonds is 7. The molecule has 1 unspecified atom stereocenters. The molecule has 1 aromatic rings. The van der Waals surface area contributed by atoms with Crippen LogP contribution in [0.2, 0.25) is 0 Å². The summed E-state index contributed by atoms with van der Waals surface area (Å²) >= 11 is 0. The van der Waals surface area contributed by atoms with Crippen LogP contribution in [-0.2, 0) is 0 Å². The monoisotopic (exact) mass is 265 g/mol. The molecule has 0 spiro atoms. The van der Waals surface area contributed by atoms with Crippen molar-refractivity contribution in [3.05, 3.63) is 23.8 Å². The van der Waals surface area contributed by atoms with Crippen molar-refractivity contribution in [1.82, 2.24) is 4.90 Å². The van der Waals surface area contributed by atoms with E-state index in [-0.39, 0.29) is 5.56 Å². The van der Waals surface area contributed by atoms with Crippen LogP contribution in [0.1, 0.15) is 30.6 Å². The Balaban J connectivity index is 2.59. The molecule has 0 aliphatic carbocycles. The first-order valence-corrected chi connectivity index (χ1v) is 6.53. The molecule has 106 valence electrons. The van der Waals surface area contributed by atoms with Crippen molar-refractivity contribution in [2.24, 2.45) is 0 Å². The van der Waals surface area contributed by atoms with Gasteiger partial charge < -0.3 is 21.1 Å². The van der Waals surface area contributed by atoms with Crippen LogP contribution in [0.25, 0.3) is 0 Å². The average Bonchev–Trinajstić information content (AvgIpc) is 2.39. The third-order valence-corrected chi connectivity index (χ3v) is 3.46. The lowest BCUT2D eigenvalue weighted by atomic mass is 10.1. The number of para-hydroxylation sites is 1. The average molecular weight is 265 g/mol. The highest BCUT2D eigenvalue weighted by Crippen LogP contribution is 2.22. The molecule has 0 fully saturated rings. The number of hydrogen-bond donors (Lipinski definition) is 3. The van der Waals surface area contributed by atoms with Crippen LogP contribution in [0.15, 0.2) is 18.2 Å². The molecule has 0 radical (unpaired) electrons. The van der Waals surface area contributed by atoms with Crippen molar-refractivity contribution in [2.45, 2.75) is 26.3 Å². The van der Waals surface area contributed by atoms with Crippen molar-refractivity contribution in [3.63, 3.8) is 0 Å². The lowest BCUT2D eigenvalue weighted by molar-refractivity contribution is 0.0698. The van der Waals surface area contributed by atoms with Gasteiger partial charge in [0.1, 0.15) is 0 Å². The maximum absolute atomic E-state index is 11.0. The van der Waals surface area contributed by atoms with Gasteiger partial charge in [-0.15, -0.1) is 0 Å². The van der Waals surface area contributed by atoms with Gasteiger partial charge in [0.05, 0.1) is 16.9 Å². The highest BCUT2D eigenvalue weighted by molar-refractivity contribution is 5.97. The number of likely N-dealkylation sites (N-methyl/N-ethyl adjacent to an activating group) is 1. The second-order valence-corrected chi connectivity index (χ2v) is 4.74. The summed E-state index contributed by atoms with van der Waals surface area (Å²) in [5, 5.41) is 12.2. The van der Waals surface area contributed by atoms with Gasteiger partial charge in [0.15, 0.2) is 0 Å².